The molecule has 0 aliphatic heterocycles. The van der Waals surface area contributed by atoms with Crippen molar-refractivity contribution in [3.63, 3.8) is 0 Å². The van der Waals surface area contributed by atoms with Gasteiger partial charge in [0, 0.05) is 11.8 Å². The number of aromatic nitrogens is 3. The Balaban J connectivity index is 2.31. The Morgan fingerprint density at radius 2 is 2.19 bits per heavy atom. The molecule has 0 spiro atoms. The lowest BCUT2D eigenvalue weighted by atomic mass is 10.1. The zero-order chi connectivity index (χ0) is 19.9. The summed E-state index contributed by atoms with van der Waals surface area (Å²) in [6.45, 7) is 1.63. The number of carbonyl (C=O) groups excluding carboxylic acids is 1. The molecule has 3 heterocycles. The molecule has 0 N–H and O–H groups in total. The number of methoxy groups -OCH3 is 1. The Bertz CT molecular complexity index is 1020. The molecule has 0 saturated heterocycles. The number of ether oxygens (including phenoxy) is 1. The van der Waals surface area contributed by atoms with Crippen LogP contribution in [0.15, 0.2) is 24.5 Å². The van der Waals surface area contributed by atoms with E-state index in [9.17, 15) is 22.4 Å². The molecule has 3 aromatic heterocycles. The Kier molecular flexibility index (Phi) is 5.13. The molecule has 0 bridgehead atoms. The van der Waals surface area contributed by atoms with Crippen LogP contribution in [0.4, 0.5) is 17.6 Å². The SMILES string of the molecule is COc1c(C(=O)C(F)(F)C(F)F)n(Cc2cnc(Cl)s2)c2c(C)ccc[n+]12. The van der Waals surface area contributed by atoms with Gasteiger partial charge in [-0.15, -0.1) is 11.3 Å². The van der Waals surface area contributed by atoms with Gasteiger partial charge in [-0.25, -0.2) is 18.3 Å². The number of hydrogen-bond donors (Lipinski definition) is 0. The van der Waals surface area contributed by atoms with Gasteiger partial charge in [0.2, 0.25) is 0 Å². The van der Waals surface area contributed by atoms with Gasteiger partial charge in [0.1, 0.15) is 6.54 Å². The fourth-order valence-corrected chi connectivity index (χ4v) is 3.76. The zero-order valence-electron chi connectivity index (χ0n) is 14.1. The fourth-order valence-electron chi connectivity index (χ4n) is 2.79. The van der Waals surface area contributed by atoms with Crippen LogP contribution in [0.25, 0.3) is 5.65 Å². The van der Waals surface area contributed by atoms with Crippen molar-refractivity contribution in [1.29, 1.82) is 0 Å². The Hall–Kier alpha value is -2.20. The molecule has 0 unspecified atom stereocenters. The van der Waals surface area contributed by atoms with Gasteiger partial charge in [-0.05, 0) is 19.1 Å². The molecule has 0 radical (unpaired) electrons. The first-order chi connectivity index (χ1) is 12.7. The molecular formula is C16H13ClF4N3O2S+. The van der Waals surface area contributed by atoms with Crippen molar-refractivity contribution >= 4 is 34.4 Å². The number of thiazole rings is 1. The second kappa shape index (κ2) is 7.08. The highest BCUT2D eigenvalue weighted by molar-refractivity contribution is 7.15. The van der Waals surface area contributed by atoms with Gasteiger partial charge in [-0.2, -0.15) is 13.2 Å². The summed E-state index contributed by atoms with van der Waals surface area (Å²) in [5.41, 5.74) is 0.333. The van der Waals surface area contributed by atoms with Crippen molar-refractivity contribution < 1.29 is 31.5 Å². The van der Waals surface area contributed by atoms with E-state index >= 15 is 0 Å². The molecule has 27 heavy (non-hydrogen) atoms. The maximum atomic E-state index is 13.9. The molecule has 0 fully saturated rings. The molecule has 3 aromatic rings. The van der Waals surface area contributed by atoms with Gasteiger partial charge in [0.25, 0.3) is 17.1 Å². The van der Waals surface area contributed by atoms with Gasteiger partial charge >= 0.3 is 18.2 Å². The Morgan fingerprint density at radius 1 is 1.48 bits per heavy atom. The maximum Gasteiger partial charge on any atom is 0.372 e. The summed E-state index contributed by atoms with van der Waals surface area (Å²) in [5.74, 6) is -7.14. The second-order valence-electron chi connectivity index (χ2n) is 5.66. The molecule has 0 amide bonds. The highest BCUT2D eigenvalue weighted by atomic mass is 35.5. The molecule has 0 aliphatic carbocycles. The summed E-state index contributed by atoms with van der Waals surface area (Å²) in [5, 5.41) is 0. The third kappa shape index (κ3) is 3.27. The molecule has 0 aliphatic rings. The molecule has 144 valence electrons. The Morgan fingerprint density at radius 3 is 2.74 bits per heavy atom. The van der Waals surface area contributed by atoms with Crippen LogP contribution in [0, 0.1) is 6.92 Å². The number of carbonyl (C=O) groups is 1. The monoisotopic (exact) mass is 422 g/mol. The summed E-state index contributed by atoms with van der Waals surface area (Å²) < 4.78 is 61.4. The highest BCUT2D eigenvalue weighted by Crippen LogP contribution is 2.33. The van der Waals surface area contributed by atoms with Crippen LogP contribution in [0.5, 0.6) is 5.88 Å². The topological polar surface area (TPSA) is 48.2 Å². The summed E-state index contributed by atoms with van der Waals surface area (Å²) in [6.07, 6.45) is -1.23. The van der Waals surface area contributed by atoms with Crippen molar-refractivity contribution in [1.82, 2.24) is 9.55 Å². The van der Waals surface area contributed by atoms with E-state index in [0.29, 0.717) is 16.1 Å². The van der Waals surface area contributed by atoms with E-state index in [2.05, 4.69) is 4.98 Å². The van der Waals surface area contributed by atoms with E-state index < -0.39 is 23.8 Å². The number of pyridine rings is 1. The van der Waals surface area contributed by atoms with Crippen molar-refractivity contribution in [2.75, 3.05) is 7.11 Å². The number of Topliss-reactive ketones (excluding diaryl/α,β-unsaturated/α-hetero) is 1. The normalized spacial score (nSPS) is 12.1. The number of alkyl halides is 4. The van der Waals surface area contributed by atoms with Crippen LogP contribution in [0.3, 0.4) is 0 Å². The lowest BCUT2D eigenvalue weighted by Crippen LogP contribution is -2.38. The van der Waals surface area contributed by atoms with Gasteiger partial charge in [0.05, 0.1) is 18.2 Å². The maximum absolute atomic E-state index is 13.9. The number of aryl methyl sites for hydroxylation is 1. The first-order valence-corrected chi connectivity index (χ1v) is 8.76. The van der Waals surface area contributed by atoms with Crippen LogP contribution in [0.1, 0.15) is 20.9 Å². The fraction of sp³-hybridized carbons (Fsp3) is 0.312. The minimum Gasteiger partial charge on any atom is -0.462 e. The number of fused-ring (bicyclic) bond motifs is 1. The number of hydrogen-bond acceptors (Lipinski definition) is 4. The minimum atomic E-state index is -4.86. The number of rotatable bonds is 6. The second-order valence-corrected chi connectivity index (χ2v) is 7.36. The smallest absolute Gasteiger partial charge is 0.372 e. The van der Waals surface area contributed by atoms with E-state index in [-0.39, 0.29) is 16.9 Å². The zero-order valence-corrected chi connectivity index (χ0v) is 15.6. The summed E-state index contributed by atoms with van der Waals surface area (Å²) in [7, 11) is 1.18. The standard InChI is InChI=1S/C16H13ClF4N3O2S/c1-8-4-3-5-23-12(8)24(7-9-6-22-15(17)27-9)10(13(23)26-2)11(25)16(20,21)14(18)19/h3-6,14H,7H2,1-2H3/q+1. The van der Waals surface area contributed by atoms with Gasteiger partial charge in [-0.1, -0.05) is 11.6 Å². The third-order valence-corrected chi connectivity index (χ3v) is 5.03. The van der Waals surface area contributed by atoms with Crippen LogP contribution in [-0.4, -0.2) is 34.8 Å². The molecule has 0 saturated carbocycles. The van der Waals surface area contributed by atoms with Crippen molar-refractivity contribution in [3.05, 3.63) is 45.1 Å². The number of ketones is 1. The highest BCUT2D eigenvalue weighted by Gasteiger charge is 2.54. The average Bonchev–Trinajstić information content (AvgIpc) is 3.16. The lowest BCUT2D eigenvalue weighted by molar-refractivity contribution is -0.520. The lowest BCUT2D eigenvalue weighted by Gasteiger charge is -2.12. The summed E-state index contributed by atoms with van der Waals surface area (Å²) >= 11 is 6.89. The Labute approximate surface area is 159 Å². The van der Waals surface area contributed by atoms with Gasteiger partial charge < -0.3 is 4.74 Å². The van der Waals surface area contributed by atoms with Crippen LogP contribution < -0.4 is 9.14 Å². The van der Waals surface area contributed by atoms with E-state index in [1.165, 1.54) is 28.5 Å². The summed E-state index contributed by atoms with van der Waals surface area (Å²) in [6, 6.07) is 3.32. The molecule has 5 nitrogen and oxygen atoms in total. The molecular weight excluding hydrogens is 410 g/mol. The predicted molar refractivity (Wildman–Crippen MR) is 90.4 cm³/mol. The van der Waals surface area contributed by atoms with E-state index in [1.54, 1.807) is 19.1 Å². The predicted octanol–water partition coefficient (Wildman–Crippen LogP) is 3.79. The van der Waals surface area contributed by atoms with E-state index in [4.69, 9.17) is 16.3 Å². The molecule has 11 heteroatoms. The van der Waals surface area contributed by atoms with Gasteiger partial charge in [-0.3, -0.25) is 4.79 Å². The number of halogens is 5. The first-order valence-electron chi connectivity index (χ1n) is 7.57. The van der Waals surface area contributed by atoms with Crippen molar-refractivity contribution in [3.8, 4) is 5.88 Å². The third-order valence-electron chi connectivity index (χ3n) is 3.93. The van der Waals surface area contributed by atoms with E-state index in [1.807, 2.05) is 0 Å². The molecule has 3 rings (SSSR count). The van der Waals surface area contributed by atoms with Crippen LogP contribution in [-0.2, 0) is 6.54 Å². The quantitative estimate of drug-likeness (QED) is 0.345. The van der Waals surface area contributed by atoms with Crippen molar-refractivity contribution in [2.24, 2.45) is 0 Å². The van der Waals surface area contributed by atoms with Crippen molar-refractivity contribution in [2.45, 2.75) is 25.8 Å². The number of imidazole rings is 1. The average molecular weight is 423 g/mol. The first kappa shape index (κ1) is 19.6. The summed E-state index contributed by atoms with van der Waals surface area (Å²) in [4.78, 5) is 16.8. The molecule has 0 atom stereocenters. The van der Waals surface area contributed by atoms with Gasteiger partial charge in [0.15, 0.2) is 4.47 Å². The van der Waals surface area contributed by atoms with Crippen LogP contribution in [0.2, 0.25) is 4.47 Å². The largest absolute Gasteiger partial charge is 0.462 e. The van der Waals surface area contributed by atoms with Crippen LogP contribution >= 0.6 is 22.9 Å². The molecule has 0 aromatic carbocycles. The van der Waals surface area contributed by atoms with E-state index in [0.717, 1.165) is 11.3 Å². The minimum absolute atomic E-state index is 0.0670. The number of nitrogens with zero attached hydrogens (tertiary/aromatic N) is 3.